The van der Waals surface area contributed by atoms with Crippen molar-refractivity contribution in [1.82, 2.24) is 0 Å². The van der Waals surface area contributed by atoms with Crippen LogP contribution in [0.15, 0.2) is 24.3 Å². The Kier molecular flexibility index (Phi) is 6.02. The summed E-state index contributed by atoms with van der Waals surface area (Å²) in [7, 11) is 0. The van der Waals surface area contributed by atoms with Crippen LogP contribution in [0.2, 0.25) is 15.1 Å². The molecule has 24 heavy (non-hydrogen) atoms. The minimum absolute atomic E-state index is 0.313. The molecular weight excluding hydrogens is 369 g/mol. The van der Waals surface area contributed by atoms with Crippen LogP contribution in [0.4, 0.5) is 5.69 Å². The second-order valence-corrected chi connectivity index (χ2v) is 6.92. The molecule has 0 saturated heterocycles. The Hall–Kier alpha value is -1.42. The molecule has 2 aromatic rings. The van der Waals surface area contributed by atoms with E-state index in [-0.39, 0.29) is 5.91 Å². The molecule has 0 heterocycles. The van der Waals surface area contributed by atoms with E-state index in [0.29, 0.717) is 26.5 Å². The molecule has 3 nitrogen and oxygen atoms in total. The molecule has 0 aliphatic heterocycles. The lowest BCUT2D eigenvalue weighted by molar-refractivity contribution is -0.122. The summed E-state index contributed by atoms with van der Waals surface area (Å²) >= 11 is 17.9. The summed E-state index contributed by atoms with van der Waals surface area (Å²) in [6.07, 6.45) is -0.699. The largest absolute Gasteiger partial charge is 0.481 e. The number of benzene rings is 2. The summed E-state index contributed by atoms with van der Waals surface area (Å²) in [6.45, 7) is 7.64. The molecule has 1 N–H and O–H groups in total. The van der Waals surface area contributed by atoms with Crippen LogP contribution in [-0.4, -0.2) is 12.0 Å². The predicted molar refractivity (Wildman–Crippen MR) is 101 cm³/mol. The third-order valence-corrected chi connectivity index (χ3v) is 4.74. The van der Waals surface area contributed by atoms with E-state index in [1.54, 1.807) is 6.92 Å². The highest BCUT2D eigenvalue weighted by molar-refractivity contribution is 6.44. The molecule has 0 unspecified atom stereocenters. The normalized spacial score (nSPS) is 12.0. The molecule has 0 spiro atoms. The third kappa shape index (κ3) is 4.35. The van der Waals surface area contributed by atoms with Crippen molar-refractivity contribution in [3.05, 3.63) is 56.0 Å². The zero-order valence-corrected chi connectivity index (χ0v) is 16.1. The first-order valence-corrected chi connectivity index (χ1v) is 8.52. The average molecular weight is 387 g/mol. The fourth-order valence-corrected chi connectivity index (χ4v) is 2.81. The zero-order valence-electron chi connectivity index (χ0n) is 13.8. The molecule has 1 amide bonds. The van der Waals surface area contributed by atoms with Crippen molar-refractivity contribution in [2.45, 2.75) is 33.8 Å². The number of halogens is 3. The fraction of sp³-hybridized carbons (Fsp3) is 0.278. The summed E-state index contributed by atoms with van der Waals surface area (Å²) in [5.74, 6) is 0.365. The first-order chi connectivity index (χ1) is 11.2. The van der Waals surface area contributed by atoms with Gasteiger partial charge in [-0.2, -0.15) is 0 Å². The van der Waals surface area contributed by atoms with Gasteiger partial charge in [0.05, 0.1) is 20.8 Å². The fourth-order valence-electron chi connectivity index (χ4n) is 2.22. The van der Waals surface area contributed by atoms with Gasteiger partial charge in [0.2, 0.25) is 0 Å². The first kappa shape index (κ1) is 18.9. The van der Waals surface area contributed by atoms with E-state index in [1.165, 1.54) is 12.1 Å². The Morgan fingerprint density at radius 3 is 2.29 bits per heavy atom. The van der Waals surface area contributed by atoms with Crippen LogP contribution in [0.3, 0.4) is 0 Å². The standard InChI is InChI=1S/C18H18Cl3NO2/c1-9-5-10(2)11(3)17(6-9)24-12(4)18(23)22-16-8-14(20)13(19)7-15(16)21/h5-8,12H,1-4H3,(H,22,23)/t12-/m0/s1. The van der Waals surface area contributed by atoms with E-state index in [4.69, 9.17) is 39.5 Å². The van der Waals surface area contributed by atoms with Gasteiger partial charge in [-0.1, -0.05) is 40.9 Å². The van der Waals surface area contributed by atoms with E-state index < -0.39 is 6.10 Å². The number of rotatable bonds is 4. The molecular formula is C18H18Cl3NO2. The maximum absolute atomic E-state index is 12.4. The number of hydrogen-bond acceptors (Lipinski definition) is 2. The molecule has 0 aliphatic carbocycles. The van der Waals surface area contributed by atoms with Gasteiger partial charge in [0.25, 0.3) is 5.91 Å². The van der Waals surface area contributed by atoms with Crippen LogP contribution < -0.4 is 10.1 Å². The number of nitrogens with one attached hydrogen (secondary N) is 1. The second kappa shape index (κ2) is 7.64. The molecule has 0 aromatic heterocycles. The molecule has 2 aromatic carbocycles. The van der Waals surface area contributed by atoms with Gasteiger partial charge in [-0.15, -0.1) is 0 Å². The smallest absolute Gasteiger partial charge is 0.265 e. The number of hydrogen-bond donors (Lipinski definition) is 1. The Balaban J connectivity index is 2.15. The van der Waals surface area contributed by atoms with E-state index in [9.17, 15) is 4.79 Å². The van der Waals surface area contributed by atoms with Gasteiger partial charge in [-0.25, -0.2) is 0 Å². The van der Waals surface area contributed by atoms with Gasteiger partial charge in [0.1, 0.15) is 5.75 Å². The summed E-state index contributed by atoms with van der Waals surface area (Å²) < 4.78 is 5.82. The molecule has 0 fully saturated rings. The van der Waals surface area contributed by atoms with Gasteiger partial charge in [0.15, 0.2) is 6.10 Å². The highest BCUT2D eigenvalue weighted by Gasteiger charge is 2.18. The van der Waals surface area contributed by atoms with Crippen LogP contribution in [-0.2, 0) is 4.79 Å². The van der Waals surface area contributed by atoms with Crippen molar-refractivity contribution in [3.8, 4) is 5.75 Å². The molecule has 0 bridgehead atoms. The predicted octanol–water partition coefficient (Wildman–Crippen LogP) is 5.98. The van der Waals surface area contributed by atoms with Crippen molar-refractivity contribution < 1.29 is 9.53 Å². The van der Waals surface area contributed by atoms with Crippen molar-refractivity contribution in [3.63, 3.8) is 0 Å². The van der Waals surface area contributed by atoms with Crippen LogP contribution in [0.5, 0.6) is 5.75 Å². The molecule has 0 radical (unpaired) electrons. The highest BCUT2D eigenvalue weighted by atomic mass is 35.5. The van der Waals surface area contributed by atoms with E-state index >= 15 is 0 Å². The number of carbonyl (C=O) groups excluding carboxylic acids is 1. The van der Waals surface area contributed by atoms with E-state index in [0.717, 1.165) is 16.7 Å². The quantitative estimate of drug-likeness (QED) is 0.657. The van der Waals surface area contributed by atoms with Gasteiger partial charge in [0, 0.05) is 0 Å². The third-order valence-electron chi connectivity index (χ3n) is 3.70. The Morgan fingerprint density at radius 2 is 1.62 bits per heavy atom. The van der Waals surface area contributed by atoms with Crippen LogP contribution >= 0.6 is 34.8 Å². The number of anilines is 1. The van der Waals surface area contributed by atoms with Crippen molar-refractivity contribution in [1.29, 1.82) is 0 Å². The zero-order chi connectivity index (χ0) is 18.0. The maximum atomic E-state index is 12.4. The topological polar surface area (TPSA) is 38.3 Å². The minimum Gasteiger partial charge on any atom is -0.481 e. The summed E-state index contributed by atoms with van der Waals surface area (Å²) in [4.78, 5) is 12.4. The number of carbonyl (C=O) groups is 1. The molecule has 0 saturated carbocycles. The summed E-state index contributed by atoms with van der Waals surface area (Å²) in [6, 6.07) is 6.99. The van der Waals surface area contributed by atoms with Crippen LogP contribution in [0.25, 0.3) is 0 Å². The number of aryl methyl sites for hydroxylation is 2. The first-order valence-electron chi connectivity index (χ1n) is 7.39. The SMILES string of the molecule is Cc1cc(C)c(C)c(O[C@@H](C)C(=O)Nc2cc(Cl)c(Cl)cc2Cl)c1. The summed E-state index contributed by atoms with van der Waals surface area (Å²) in [5.41, 5.74) is 3.59. The summed E-state index contributed by atoms with van der Waals surface area (Å²) in [5, 5.41) is 3.66. The van der Waals surface area contributed by atoms with Gasteiger partial charge < -0.3 is 10.1 Å². The minimum atomic E-state index is -0.699. The molecule has 2 rings (SSSR count). The Morgan fingerprint density at radius 1 is 1.00 bits per heavy atom. The maximum Gasteiger partial charge on any atom is 0.265 e. The second-order valence-electron chi connectivity index (χ2n) is 5.70. The number of ether oxygens (including phenoxy) is 1. The van der Waals surface area contributed by atoms with Crippen molar-refractivity contribution in [2.24, 2.45) is 0 Å². The highest BCUT2D eigenvalue weighted by Crippen LogP contribution is 2.32. The van der Waals surface area contributed by atoms with Crippen LogP contribution in [0.1, 0.15) is 23.6 Å². The molecule has 6 heteroatoms. The van der Waals surface area contributed by atoms with Crippen LogP contribution in [0, 0.1) is 20.8 Å². The molecule has 0 aliphatic rings. The van der Waals surface area contributed by atoms with Gasteiger partial charge in [-0.3, -0.25) is 4.79 Å². The average Bonchev–Trinajstić information content (AvgIpc) is 2.49. The lowest BCUT2D eigenvalue weighted by Crippen LogP contribution is -2.30. The van der Waals surface area contributed by atoms with Gasteiger partial charge >= 0.3 is 0 Å². The monoisotopic (exact) mass is 385 g/mol. The van der Waals surface area contributed by atoms with Crippen molar-refractivity contribution in [2.75, 3.05) is 5.32 Å². The lowest BCUT2D eigenvalue weighted by atomic mass is 10.1. The Labute approximate surface area is 156 Å². The lowest BCUT2D eigenvalue weighted by Gasteiger charge is -2.18. The van der Waals surface area contributed by atoms with E-state index in [2.05, 4.69) is 11.4 Å². The number of amides is 1. The van der Waals surface area contributed by atoms with Gasteiger partial charge in [-0.05, 0) is 62.6 Å². The molecule has 128 valence electrons. The Bertz CT molecular complexity index is 790. The molecule has 1 atom stereocenters. The van der Waals surface area contributed by atoms with Crippen molar-refractivity contribution >= 4 is 46.4 Å². The van der Waals surface area contributed by atoms with E-state index in [1.807, 2.05) is 26.8 Å².